The van der Waals surface area contributed by atoms with Crippen LogP contribution in [-0.4, -0.2) is 38.9 Å². The van der Waals surface area contributed by atoms with Crippen LogP contribution in [0.1, 0.15) is 33.7 Å². The average molecular weight is 531 g/mol. The molecular formula is C28H27BrN4O2. The average Bonchev–Trinajstić information content (AvgIpc) is 3.31. The summed E-state index contributed by atoms with van der Waals surface area (Å²) < 4.78 is 2.65. The predicted molar refractivity (Wildman–Crippen MR) is 143 cm³/mol. The van der Waals surface area contributed by atoms with E-state index < -0.39 is 5.97 Å². The normalized spacial score (nSPS) is 11.2. The smallest absolute Gasteiger partial charge is 0.354 e. The minimum Gasteiger partial charge on any atom is -0.477 e. The zero-order valence-corrected chi connectivity index (χ0v) is 20.9. The zero-order valence-electron chi connectivity index (χ0n) is 19.3. The largest absolute Gasteiger partial charge is 0.477 e. The maximum Gasteiger partial charge on any atom is 0.354 e. The molecule has 0 unspecified atom stereocenters. The Morgan fingerprint density at radius 2 is 1.80 bits per heavy atom. The molecule has 2 aromatic carbocycles. The lowest BCUT2D eigenvalue weighted by Crippen LogP contribution is -2.21. The molecule has 0 amide bonds. The second-order valence-electron chi connectivity index (χ2n) is 8.14. The van der Waals surface area contributed by atoms with Crippen molar-refractivity contribution in [1.82, 2.24) is 20.1 Å². The number of hydrogen-bond acceptors (Lipinski definition) is 4. The van der Waals surface area contributed by atoms with Crippen molar-refractivity contribution in [1.29, 1.82) is 0 Å². The SMILES string of the molecule is O=C(O)c1cc(-c2ccnc(C=Cc3ccccc3)c2)nn1CCCNCCc1ccc(Br)cc1. The first-order chi connectivity index (χ1) is 17.1. The second-order valence-corrected chi connectivity index (χ2v) is 9.05. The molecule has 0 spiro atoms. The molecule has 0 saturated carbocycles. The topological polar surface area (TPSA) is 80.0 Å². The van der Waals surface area contributed by atoms with Crippen molar-refractivity contribution in [3.63, 3.8) is 0 Å². The number of nitrogens with zero attached hydrogens (tertiary/aromatic N) is 3. The number of hydrogen-bond donors (Lipinski definition) is 2. The summed E-state index contributed by atoms with van der Waals surface area (Å²) in [5.74, 6) is -0.981. The summed E-state index contributed by atoms with van der Waals surface area (Å²) >= 11 is 3.45. The molecule has 6 nitrogen and oxygen atoms in total. The summed E-state index contributed by atoms with van der Waals surface area (Å²) in [6.45, 7) is 2.18. The van der Waals surface area contributed by atoms with Gasteiger partial charge in [-0.3, -0.25) is 9.67 Å². The number of carboxylic acids is 1. The number of pyridine rings is 1. The Balaban J connectivity index is 1.35. The Hall–Kier alpha value is -3.55. The lowest BCUT2D eigenvalue weighted by Gasteiger charge is -2.07. The van der Waals surface area contributed by atoms with Crippen LogP contribution in [-0.2, 0) is 13.0 Å². The fourth-order valence-corrected chi connectivity index (χ4v) is 3.97. The first-order valence-electron chi connectivity index (χ1n) is 11.5. The number of carboxylic acid groups (broad SMARTS) is 1. The molecule has 0 bridgehead atoms. The highest BCUT2D eigenvalue weighted by Crippen LogP contribution is 2.21. The Kier molecular flexibility index (Phi) is 8.59. The molecule has 0 atom stereocenters. The van der Waals surface area contributed by atoms with Crippen molar-refractivity contribution in [2.45, 2.75) is 19.4 Å². The Morgan fingerprint density at radius 1 is 1.00 bits per heavy atom. The molecule has 0 aliphatic heterocycles. The van der Waals surface area contributed by atoms with E-state index in [0.717, 1.165) is 47.2 Å². The molecule has 0 saturated heterocycles. The highest BCUT2D eigenvalue weighted by Gasteiger charge is 2.15. The van der Waals surface area contributed by atoms with Gasteiger partial charge in [0.15, 0.2) is 0 Å². The van der Waals surface area contributed by atoms with Gasteiger partial charge in [-0.1, -0.05) is 64.5 Å². The van der Waals surface area contributed by atoms with Gasteiger partial charge in [-0.15, -0.1) is 0 Å². The first kappa shape index (κ1) is 24.6. The fourth-order valence-electron chi connectivity index (χ4n) is 3.71. The molecule has 0 aliphatic rings. The van der Waals surface area contributed by atoms with Gasteiger partial charge in [0, 0.05) is 22.8 Å². The molecule has 0 fully saturated rings. The van der Waals surface area contributed by atoms with Crippen LogP contribution in [0.4, 0.5) is 0 Å². The van der Waals surface area contributed by atoms with Crippen molar-refractivity contribution < 1.29 is 9.90 Å². The van der Waals surface area contributed by atoms with E-state index in [0.29, 0.717) is 12.2 Å². The van der Waals surface area contributed by atoms with Crippen molar-refractivity contribution in [3.8, 4) is 11.3 Å². The van der Waals surface area contributed by atoms with Crippen molar-refractivity contribution in [2.24, 2.45) is 0 Å². The number of carbonyl (C=O) groups is 1. The number of aromatic nitrogens is 3. The third-order valence-electron chi connectivity index (χ3n) is 5.55. The molecule has 4 rings (SSSR count). The van der Waals surface area contributed by atoms with E-state index in [1.807, 2.05) is 66.7 Å². The van der Waals surface area contributed by atoms with Gasteiger partial charge in [0.25, 0.3) is 0 Å². The second kappa shape index (κ2) is 12.2. The van der Waals surface area contributed by atoms with Gasteiger partial charge in [0.2, 0.25) is 0 Å². The maximum absolute atomic E-state index is 11.8. The molecule has 2 heterocycles. The summed E-state index contributed by atoms with van der Waals surface area (Å²) in [6, 6.07) is 23.7. The number of nitrogens with one attached hydrogen (secondary N) is 1. The summed E-state index contributed by atoms with van der Waals surface area (Å²) in [7, 11) is 0. The van der Waals surface area contributed by atoms with Gasteiger partial charge < -0.3 is 10.4 Å². The zero-order chi connectivity index (χ0) is 24.5. The molecule has 0 aliphatic carbocycles. The molecule has 35 heavy (non-hydrogen) atoms. The molecule has 7 heteroatoms. The monoisotopic (exact) mass is 530 g/mol. The quantitative estimate of drug-likeness (QED) is 0.239. The summed E-state index contributed by atoms with van der Waals surface area (Å²) in [5.41, 5.74) is 4.80. The molecular weight excluding hydrogens is 504 g/mol. The Labute approximate surface area is 213 Å². The molecule has 2 aromatic heterocycles. The maximum atomic E-state index is 11.8. The highest BCUT2D eigenvalue weighted by molar-refractivity contribution is 9.10. The van der Waals surface area contributed by atoms with Crippen LogP contribution in [0, 0.1) is 0 Å². The van der Waals surface area contributed by atoms with Gasteiger partial charge in [-0.05, 0) is 73.5 Å². The molecule has 178 valence electrons. The first-order valence-corrected chi connectivity index (χ1v) is 12.3. The van der Waals surface area contributed by atoms with Crippen LogP contribution in [0.5, 0.6) is 0 Å². The highest BCUT2D eigenvalue weighted by atomic mass is 79.9. The van der Waals surface area contributed by atoms with Gasteiger partial charge >= 0.3 is 5.97 Å². The van der Waals surface area contributed by atoms with E-state index in [2.05, 4.69) is 43.5 Å². The lowest BCUT2D eigenvalue weighted by molar-refractivity contribution is 0.0683. The van der Waals surface area contributed by atoms with Crippen LogP contribution in [0.3, 0.4) is 0 Å². The standard InChI is InChI=1S/C28H27BrN4O2/c29-24-10-7-22(8-11-24)13-16-30-15-4-18-33-27(28(34)35)20-26(32-33)23-14-17-31-25(19-23)12-9-21-5-2-1-3-6-21/h1-3,5-12,14,17,19-20,30H,4,13,15-16,18H2,(H,34,35). The van der Waals surface area contributed by atoms with Gasteiger partial charge in [0.05, 0.1) is 11.4 Å². The number of halogens is 1. The molecule has 4 aromatic rings. The molecule has 2 N–H and O–H groups in total. The summed E-state index contributed by atoms with van der Waals surface area (Å²) in [5, 5.41) is 17.7. The van der Waals surface area contributed by atoms with E-state index >= 15 is 0 Å². The van der Waals surface area contributed by atoms with Gasteiger partial charge in [-0.2, -0.15) is 5.10 Å². The van der Waals surface area contributed by atoms with Crippen LogP contribution >= 0.6 is 15.9 Å². The van der Waals surface area contributed by atoms with Crippen molar-refractivity contribution in [3.05, 3.63) is 106 Å². The number of rotatable bonds is 11. The molecule has 0 radical (unpaired) electrons. The third kappa shape index (κ3) is 7.21. The van der Waals surface area contributed by atoms with Crippen molar-refractivity contribution >= 4 is 34.1 Å². The Morgan fingerprint density at radius 3 is 2.57 bits per heavy atom. The van der Waals surface area contributed by atoms with Crippen LogP contribution in [0.2, 0.25) is 0 Å². The fraction of sp³-hybridized carbons (Fsp3) is 0.179. The number of aromatic carboxylic acids is 1. The van der Waals surface area contributed by atoms with E-state index in [1.165, 1.54) is 5.56 Å². The number of benzene rings is 2. The van der Waals surface area contributed by atoms with E-state index in [9.17, 15) is 9.90 Å². The lowest BCUT2D eigenvalue weighted by atomic mass is 10.1. The predicted octanol–water partition coefficient (Wildman–Crippen LogP) is 5.80. The third-order valence-corrected chi connectivity index (χ3v) is 6.08. The summed E-state index contributed by atoms with van der Waals surface area (Å²) in [4.78, 5) is 16.2. The van der Waals surface area contributed by atoms with Gasteiger partial charge in [-0.25, -0.2) is 4.79 Å². The van der Waals surface area contributed by atoms with Crippen LogP contribution in [0.25, 0.3) is 23.4 Å². The van der Waals surface area contributed by atoms with E-state index in [-0.39, 0.29) is 5.69 Å². The van der Waals surface area contributed by atoms with E-state index in [4.69, 9.17) is 0 Å². The minimum absolute atomic E-state index is 0.188. The van der Waals surface area contributed by atoms with Crippen LogP contribution < -0.4 is 5.32 Å². The van der Waals surface area contributed by atoms with E-state index in [1.54, 1.807) is 16.9 Å². The number of aryl methyl sites for hydroxylation is 1. The Bertz CT molecular complexity index is 1280. The minimum atomic E-state index is -0.981. The van der Waals surface area contributed by atoms with Crippen molar-refractivity contribution in [2.75, 3.05) is 13.1 Å². The van der Waals surface area contributed by atoms with Crippen LogP contribution in [0.15, 0.2) is 83.5 Å². The summed E-state index contributed by atoms with van der Waals surface area (Å²) in [6.07, 6.45) is 7.38. The van der Waals surface area contributed by atoms with Gasteiger partial charge in [0.1, 0.15) is 5.69 Å².